The molecule has 0 saturated carbocycles. The molecule has 20 heavy (non-hydrogen) atoms. The number of hydrogen-bond donors (Lipinski definition) is 1. The molecule has 0 bridgehead atoms. The standard InChI is InChI=1S/C15H12N4O/c1-20-11-6-7-12-14(8-11)19(15(17)18-12)13-5-3-2-4-10(13)9-16/h2-8H,1H3,(H2,17,18). The first-order valence-corrected chi connectivity index (χ1v) is 6.06. The van der Waals surface area contributed by atoms with E-state index in [4.69, 9.17) is 10.5 Å². The van der Waals surface area contributed by atoms with Crippen LogP contribution in [0.15, 0.2) is 42.5 Å². The second-order valence-electron chi connectivity index (χ2n) is 4.29. The fourth-order valence-electron chi connectivity index (χ4n) is 2.22. The van der Waals surface area contributed by atoms with Crippen molar-refractivity contribution in [1.82, 2.24) is 9.55 Å². The normalized spacial score (nSPS) is 10.4. The molecule has 2 N–H and O–H groups in total. The molecule has 1 heterocycles. The van der Waals surface area contributed by atoms with Gasteiger partial charge in [-0.25, -0.2) is 4.98 Å². The number of nitrogens with zero attached hydrogens (tertiary/aromatic N) is 3. The number of benzene rings is 2. The topological polar surface area (TPSA) is 76.9 Å². The average molecular weight is 264 g/mol. The molecule has 0 aliphatic carbocycles. The fraction of sp³-hybridized carbons (Fsp3) is 0.0667. The average Bonchev–Trinajstić information content (AvgIpc) is 2.81. The molecule has 0 radical (unpaired) electrons. The molecule has 3 rings (SSSR count). The van der Waals surface area contributed by atoms with Crippen LogP contribution in [0.2, 0.25) is 0 Å². The van der Waals surface area contributed by atoms with E-state index in [2.05, 4.69) is 11.1 Å². The van der Waals surface area contributed by atoms with E-state index < -0.39 is 0 Å². The molecule has 0 atom stereocenters. The van der Waals surface area contributed by atoms with Crippen LogP contribution in [0.4, 0.5) is 5.95 Å². The van der Waals surface area contributed by atoms with Gasteiger partial charge < -0.3 is 10.5 Å². The highest BCUT2D eigenvalue weighted by molar-refractivity contribution is 5.82. The first-order chi connectivity index (χ1) is 9.74. The number of hydrogen-bond acceptors (Lipinski definition) is 4. The third-order valence-electron chi connectivity index (χ3n) is 3.15. The number of nitriles is 1. The van der Waals surface area contributed by atoms with Crippen LogP contribution < -0.4 is 10.5 Å². The SMILES string of the molecule is COc1ccc2nc(N)n(-c3ccccc3C#N)c2c1. The van der Waals surface area contributed by atoms with Crippen LogP contribution in [0.1, 0.15) is 5.56 Å². The predicted molar refractivity (Wildman–Crippen MR) is 76.7 cm³/mol. The van der Waals surface area contributed by atoms with Crippen LogP contribution in [0, 0.1) is 11.3 Å². The third kappa shape index (κ3) is 1.75. The van der Waals surface area contributed by atoms with E-state index in [-0.39, 0.29) is 0 Å². The predicted octanol–water partition coefficient (Wildman–Crippen LogP) is 2.49. The lowest BCUT2D eigenvalue weighted by atomic mass is 10.2. The Labute approximate surface area is 115 Å². The van der Waals surface area contributed by atoms with Crippen LogP contribution in [0.5, 0.6) is 5.75 Å². The van der Waals surface area contributed by atoms with Crippen LogP contribution in [-0.4, -0.2) is 16.7 Å². The first kappa shape index (κ1) is 12.1. The second-order valence-corrected chi connectivity index (χ2v) is 4.29. The number of methoxy groups -OCH3 is 1. The number of rotatable bonds is 2. The zero-order valence-corrected chi connectivity index (χ0v) is 10.9. The van der Waals surface area contributed by atoms with Gasteiger partial charge in [0.25, 0.3) is 0 Å². The molecular formula is C15H12N4O. The number of para-hydroxylation sites is 1. The van der Waals surface area contributed by atoms with E-state index in [0.29, 0.717) is 22.9 Å². The number of nitrogen functional groups attached to an aromatic ring is 1. The number of anilines is 1. The van der Waals surface area contributed by atoms with Gasteiger partial charge in [-0.3, -0.25) is 4.57 Å². The molecule has 0 unspecified atom stereocenters. The molecule has 0 spiro atoms. The maximum Gasteiger partial charge on any atom is 0.205 e. The third-order valence-corrected chi connectivity index (χ3v) is 3.15. The Kier molecular flexibility index (Phi) is 2.77. The minimum absolute atomic E-state index is 0.343. The summed E-state index contributed by atoms with van der Waals surface area (Å²) in [6.07, 6.45) is 0. The summed E-state index contributed by atoms with van der Waals surface area (Å²) < 4.78 is 6.99. The molecule has 0 amide bonds. The van der Waals surface area contributed by atoms with Crippen molar-refractivity contribution in [3.63, 3.8) is 0 Å². The number of fused-ring (bicyclic) bond motifs is 1. The lowest BCUT2D eigenvalue weighted by Crippen LogP contribution is -2.02. The molecule has 0 aliphatic rings. The van der Waals surface area contributed by atoms with E-state index in [1.807, 2.05) is 36.4 Å². The van der Waals surface area contributed by atoms with Gasteiger partial charge in [0, 0.05) is 6.07 Å². The molecule has 98 valence electrons. The summed E-state index contributed by atoms with van der Waals surface area (Å²) >= 11 is 0. The maximum absolute atomic E-state index is 9.23. The molecule has 0 aliphatic heterocycles. The minimum atomic E-state index is 0.343. The van der Waals surface area contributed by atoms with E-state index in [1.165, 1.54) is 0 Å². The highest BCUT2D eigenvalue weighted by Gasteiger charge is 2.13. The summed E-state index contributed by atoms with van der Waals surface area (Å²) in [5.74, 6) is 1.06. The summed E-state index contributed by atoms with van der Waals surface area (Å²) in [6, 6.07) is 15.0. The molecule has 0 fully saturated rings. The van der Waals surface area contributed by atoms with E-state index in [9.17, 15) is 5.26 Å². The summed E-state index contributed by atoms with van der Waals surface area (Å²) in [5, 5.41) is 9.23. The van der Waals surface area contributed by atoms with Crippen LogP contribution in [-0.2, 0) is 0 Å². The fourth-order valence-corrected chi connectivity index (χ4v) is 2.22. The lowest BCUT2D eigenvalue weighted by molar-refractivity contribution is 0.415. The zero-order chi connectivity index (χ0) is 14.1. The van der Waals surface area contributed by atoms with Gasteiger partial charge in [0.15, 0.2) is 0 Å². The van der Waals surface area contributed by atoms with Crippen molar-refractivity contribution in [2.24, 2.45) is 0 Å². The molecule has 0 saturated heterocycles. The van der Waals surface area contributed by atoms with Crippen LogP contribution in [0.3, 0.4) is 0 Å². The number of imidazole rings is 1. The summed E-state index contributed by atoms with van der Waals surface area (Å²) in [4.78, 5) is 4.32. The summed E-state index contributed by atoms with van der Waals surface area (Å²) in [5.41, 5.74) is 8.83. The van der Waals surface area contributed by atoms with Crippen molar-refractivity contribution in [1.29, 1.82) is 5.26 Å². The molecule has 1 aromatic heterocycles. The smallest absolute Gasteiger partial charge is 0.205 e. The van der Waals surface area contributed by atoms with Gasteiger partial charge in [-0.2, -0.15) is 5.26 Å². The maximum atomic E-state index is 9.23. The highest BCUT2D eigenvalue weighted by Crippen LogP contribution is 2.27. The largest absolute Gasteiger partial charge is 0.497 e. The first-order valence-electron chi connectivity index (χ1n) is 6.06. The van der Waals surface area contributed by atoms with Gasteiger partial charge in [0.05, 0.1) is 29.4 Å². The minimum Gasteiger partial charge on any atom is -0.497 e. The molecular weight excluding hydrogens is 252 g/mol. The van der Waals surface area contributed by atoms with Crippen molar-refractivity contribution in [2.75, 3.05) is 12.8 Å². The Bertz CT molecular complexity index is 829. The number of ether oxygens (including phenoxy) is 1. The van der Waals surface area contributed by atoms with Gasteiger partial charge in [0.2, 0.25) is 5.95 Å². The van der Waals surface area contributed by atoms with E-state index in [1.54, 1.807) is 17.7 Å². The van der Waals surface area contributed by atoms with Crippen molar-refractivity contribution < 1.29 is 4.74 Å². The number of nitrogens with two attached hydrogens (primary N) is 1. The lowest BCUT2D eigenvalue weighted by Gasteiger charge is -2.08. The van der Waals surface area contributed by atoms with E-state index in [0.717, 1.165) is 11.0 Å². The zero-order valence-electron chi connectivity index (χ0n) is 10.9. The molecule has 5 nitrogen and oxygen atoms in total. The Morgan fingerprint density at radius 3 is 2.80 bits per heavy atom. The van der Waals surface area contributed by atoms with Gasteiger partial charge >= 0.3 is 0 Å². The monoisotopic (exact) mass is 264 g/mol. The Morgan fingerprint density at radius 2 is 2.05 bits per heavy atom. The van der Waals surface area contributed by atoms with Gasteiger partial charge in [-0.1, -0.05) is 12.1 Å². The number of aromatic nitrogens is 2. The van der Waals surface area contributed by atoms with Gasteiger partial charge in [-0.15, -0.1) is 0 Å². The summed E-state index contributed by atoms with van der Waals surface area (Å²) in [6.45, 7) is 0. The molecule has 3 aromatic rings. The van der Waals surface area contributed by atoms with Crippen LogP contribution >= 0.6 is 0 Å². The molecule has 5 heteroatoms. The van der Waals surface area contributed by atoms with Crippen molar-refractivity contribution in [2.45, 2.75) is 0 Å². The van der Waals surface area contributed by atoms with Gasteiger partial charge in [-0.05, 0) is 24.3 Å². The van der Waals surface area contributed by atoms with Crippen molar-refractivity contribution in [3.05, 3.63) is 48.0 Å². The van der Waals surface area contributed by atoms with Crippen molar-refractivity contribution >= 4 is 17.0 Å². The Balaban J connectivity index is 2.35. The molecule has 2 aromatic carbocycles. The van der Waals surface area contributed by atoms with Gasteiger partial charge in [0.1, 0.15) is 11.8 Å². The Hall–Kier alpha value is -3.00. The van der Waals surface area contributed by atoms with Crippen LogP contribution in [0.25, 0.3) is 16.7 Å². The summed E-state index contributed by atoms with van der Waals surface area (Å²) in [7, 11) is 1.61. The Morgan fingerprint density at radius 1 is 1.25 bits per heavy atom. The van der Waals surface area contributed by atoms with Crippen molar-refractivity contribution in [3.8, 4) is 17.5 Å². The quantitative estimate of drug-likeness (QED) is 0.771. The van der Waals surface area contributed by atoms with E-state index >= 15 is 0 Å². The highest BCUT2D eigenvalue weighted by atomic mass is 16.5. The second kappa shape index (κ2) is 4.59.